The van der Waals surface area contributed by atoms with Gasteiger partial charge in [-0.25, -0.2) is 0 Å². The number of ether oxygens (including phenoxy) is 2. The quantitative estimate of drug-likeness (QED) is 0.330. The van der Waals surface area contributed by atoms with Crippen molar-refractivity contribution in [2.45, 2.75) is 13.3 Å². The summed E-state index contributed by atoms with van der Waals surface area (Å²) < 4.78 is 9.74. The van der Waals surface area contributed by atoms with Gasteiger partial charge >= 0.3 is 5.97 Å². The summed E-state index contributed by atoms with van der Waals surface area (Å²) in [5.41, 5.74) is 0. The minimum atomic E-state index is -0.337. The first-order valence-corrected chi connectivity index (χ1v) is 6.38. The molecular weight excluding hydrogens is 248 g/mol. The average Bonchev–Trinajstić information content (AvgIpc) is 2.35. The summed E-state index contributed by atoms with van der Waals surface area (Å²) in [6.07, 6.45) is 2.42. The van der Waals surface area contributed by atoms with Gasteiger partial charge < -0.3 is 14.8 Å². The number of carbonyl (C=O) groups is 2. The Morgan fingerprint density at radius 3 is 2.68 bits per heavy atom. The van der Waals surface area contributed by atoms with E-state index in [2.05, 4.69) is 11.9 Å². The Labute approximate surface area is 114 Å². The van der Waals surface area contributed by atoms with E-state index in [4.69, 9.17) is 9.47 Å². The van der Waals surface area contributed by atoms with Crippen molar-refractivity contribution in [3.63, 3.8) is 0 Å². The molecule has 0 aliphatic heterocycles. The number of amides is 1. The minimum absolute atomic E-state index is 0.0886. The first kappa shape index (κ1) is 17.6. The van der Waals surface area contributed by atoms with E-state index in [-0.39, 0.29) is 25.0 Å². The fraction of sp³-hybridized carbons (Fsp3) is 0.692. The van der Waals surface area contributed by atoms with Gasteiger partial charge in [-0.2, -0.15) is 0 Å². The molecule has 0 bridgehead atoms. The highest BCUT2D eigenvalue weighted by Gasteiger charge is 2.13. The highest BCUT2D eigenvalue weighted by atomic mass is 16.5. The summed E-state index contributed by atoms with van der Waals surface area (Å²) in [7, 11) is 1.62. The van der Waals surface area contributed by atoms with Crippen molar-refractivity contribution in [3.05, 3.63) is 12.7 Å². The van der Waals surface area contributed by atoms with Crippen LogP contribution in [-0.4, -0.2) is 63.3 Å². The predicted octanol–water partition coefficient (Wildman–Crippen LogP) is 0.190. The van der Waals surface area contributed by atoms with Gasteiger partial charge in [0.1, 0.15) is 0 Å². The predicted molar refractivity (Wildman–Crippen MR) is 72.8 cm³/mol. The summed E-state index contributed by atoms with van der Waals surface area (Å²) in [5.74, 6) is -0.459. The molecular formula is C13H24N2O4. The normalized spacial score (nSPS) is 10.3. The van der Waals surface area contributed by atoms with E-state index >= 15 is 0 Å². The van der Waals surface area contributed by atoms with E-state index in [1.807, 2.05) is 0 Å². The topological polar surface area (TPSA) is 67.9 Å². The molecule has 6 nitrogen and oxygen atoms in total. The molecule has 0 saturated carbocycles. The largest absolute Gasteiger partial charge is 0.465 e. The minimum Gasteiger partial charge on any atom is -0.465 e. The molecule has 0 rings (SSSR count). The smallest absolute Gasteiger partial charge is 0.320 e. The monoisotopic (exact) mass is 272 g/mol. The van der Waals surface area contributed by atoms with Crippen molar-refractivity contribution in [2.24, 2.45) is 0 Å². The molecule has 0 fully saturated rings. The molecule has 0 aromatic rings. The number of hydrogen-bond donors (Lipinski definition) is 1. The van der Waals surface area contributed by atoms with E-state index in [1.165, 1.54) is 0 Å². The zero-order valence-corrected chi connectivity index (χ0v) is 11.8. The zero-order chi connectivity index (χ0) is 14.5. The van der Waals surface area contributed by atoms with Crippen LogP contribution in [0.3, 0.4) is 0 Å². The highest BCUT2D eigenvalue weighted by molar-refractivity contribution is 5.79. The molecule has 19 heavy (non-hydrogen) atoms. The molecule has 0 aliphatic carbocycles. The molecule has 0 radical (unpaired) electrons. The maximum atomic E-state index is 11.7. The van der Waals surface area contributed by atoms with Crippen LogP contribution < -0.4 is 5.32 Å². The summed E-state index contributed by atoms with van der Waals surface area (Å²) in [6, 6.07) is 0. The lowest BCUT2D eigenvalue weighted by molar-refractivity contribution is -0.144. The van der Waals surface area contributed by atoms with Crippen LogP contribution in [0.5, 0.6) is 0 Å². The van der Waals surface area contributed by atoms with Crippen molar-refractivity contribution in [3.8, 4) is 0 Å². The number of hydrogen-bond acceptors (Lipinski definition) is 5. The summed E-state index contributed by atoms with van der Waals surface area (Å²) in [6.45, 7) is 7.57. The third-order valence-corrected chi connectivity index (χ3v) is 2.26. The van der Waals surface area contributed by atoms with Crippen LogP contribution in [0.1, 0.15) is 13.3 Å². The van der Waals surface area contributed by atoms with Gasteiger partial charge in [0.05, 0.1) is 19.7 Å². The molecule has 1 N–H and O–H groups in total. The van der Waals surface area contributed by atoms with Gasteiger partial charge in [0.25, 0.3) is 0 Å². The molecule has 0 saturated heterocycles. The third-order valence-electron chi connectivity index (χ3n) is 2.26. The Morgan fingerprint density at radius 1 is 1.37 bits per heavy atom. The van der Waals surface area contributed by atoms with E-state index in [9.17, 15) is 9.59 Å². The summed E-state index contributed by atoms with van der Waals surface area (Å²) in [4.78, 5) is 24.7. The van der Waals surface area contributed by atoms with Crippen molar-refractivity contribution in [1.82, 2.24) is 10.2 Å². The Bertz CT molecular complexity index is 282. The van der Waals surface area contributed by atoms with E-state index in [0.717, 1.165) is 6.42 Å². The summed E-state index contributed by atoms with van der Waals surface area (Å²) in [5, 5.41) is 2.76. The van der Waals surface area contributed by atoms with Crippen LogP contribution in [0.25, 0.3) is 0 Å². The molecule has 0 spiro atoms. The molecule has 0 aromatic carbocycles. The van der Waals surface area contributed by atoms with Crippen LogP contribution in [-0.2, 0) is 19.1 Å². The van der Waals surface area contributed by atoms with Crippen LogP contribution in [0, 0.1) is 0 Å². The molecule has 0 unspecified atom stereocenters. The van der Waals surface area contributed by atoms with E-state index < -0.39 is 0 Å². The molecule has 0 aromatic heterocycles. The van der Waals surface area contributed by atoms with Crippen molar-refractivity contribution in [2.75, 3.05) is 46.5 Å². The van der Waals surface area contributed by atoms with Gasteiger partial charge in [0.15, 0.2) is 0 Å². The summed E-state index contributed by atoms with van der Waals surface area (Å²) >= 11 is 0. The Hall–Kier alpha value is -1.40. The fourth-order valence-electron chi connectivity index (χ4n) is 1.46. The van der Waals surface area contributed by atoms with Crippen LogP contribution >= 0.6 is 0 Å². The fourth-order valence-corrected chi connectivity index (χ4v) is 1.46. The second-order valence-electron chi connectivity index (χ2n) is 3.96. The number of nitrogens with zero attached hydrogens (tertiary/aromatic N) is 1. The number of carbonyl (C=O) groups excluding carboxylic acids is 2. The number of nitrogens with one attached hydrogen (secondary N) is 1. The molecule has 0 aliphatic rings. The van der Waals surface area contributed by atoms with Gasteiger partial charge in [0.2, 0.25) is 5.91 Å². The molecule has 6 heteroatoms. The molecule has 1 amide bonds. The van der Waals surface area contributed by atoms with Crippen LogP contribution in [0.2, 0.25) is 0 Å². The lowest BCUT2D eigenvalue weighted by atomic mass is 10.4. The maximum absolute atomic E-state index is 11.7. The van der Waals surface area contributed by atoms with Crippen molar-refractivity contribution in [1.29, 1.82) is 0 Å². The maximum Gasteiger partial charge on any atom is 0.320 e. The lowest BCUT2D eigenvalue weighted by Gasteiger charge is -2.18. The van der Waals surface area contributed by atoms with Gasteiger partial charge in [-0.3, -0.25) is 14.5 Å². The van der Waals surface area contributed by atoms with Gasteiger partial charge in [-0.15, -0.1) is 6.58 Å². The Balaban J connectivity index is 4.00. The van der Waals surface area contributed by atoms with E-state index in [0.29, 0.717) is 26.3 Å². The number of rotatable bonds is 11. The SMILES string of the molecule is C=CCN(CC(=O)NCCCOC)CC(=O)OCC. The standard InChI is InChI=1S/C13H24N2O4/c1-4-8-15(11-13(17)19-5-2)10-12(16)14-7-6-9-18-3/h4H,1,5-11H2,2-3H3,(H,14,16). The first-order valence-electron chi connectivity index (χ1n) is 6.38. The van der Waals surface area contributed by atoms with Crippen molar-refractivity contribution >= 4 is 11.9 Å². The van der Waals surface area contributed by atoms with Gasteiger partial charge in [-0.1, -0.05) is 6.08 Å². The van der Waals surface area contributed by atoms with Crippen molar-refractivity contribution < 1.29 is 19.1 Å². The number of methoxy groups -OCH3 is 1. The highest BCUT2D eigenvalue weighted by Crippen LogP contribution is 1.91. The van der Waals surface area contributed by atoms with E-state index in [1.54, 1.807) is 25.0 Å². The Kier molecular flexibility index (Phi) is 10.8. The van der Waals surface area contributed by atoms with Gasteiger partial charge in [0, 0.05) is 26.8 Å². The zero-order valence-electron chi connectivity index (χ0n) is 11.8. The second kappa shape index (κ2) is 11.7. The lowest BCUT2D eigenvalue weighted by Crippen LogP contribution is -2.40. The average molecular weight is 272 g/mol. The molecule has 0 heterocycles. The van der Waals surface area contributed by atoms with Gasteiger partial charge in [-0.05, 0) is 13.3 Å². The van der Waals surface area contributed by atoms with Crippen LogP contribution in [0.4, 0.5) is 0 Å². The Morgan fingerprint density at radius 2 is 2.11 bits per heavy atom. The first-order chi connectivity index (χ1) is 9.13. The molecule has 0 atom stereocenters. The van der Waals surface area contributed by atoms with Crippen LogP contribution in [0.15, 0.2) is 12.7 Å². The third kappa shape index (κ3) is 10.2. The second-order valence-corrected chi connectivity index (χ2v) is 3.96. The number of esters is 1. The molecule has 110 valence electrons.